The van der Waals surface area contributed by atoms with Crippen molar-refractivity contribution in [1.29, 1.82) is 0 Å². The lowest BCUT2D eigenvalue weighted by Crippen LogP contribution is -2.31. The summed E-state index contributed by atoms with van der Waals surface area (Å²) in [6.45, 7) is 5.54. The van der Waals surface area contributed by atoms with Crippen molar-refractivity contribution in [2.24, 2.45) is 0 Å². The maximum atomic E-state index is 11.5. The molecule has 1 rings (SSSR count). The molecule has 0 fully saturated rings. The molecule has 0 bridgehead atoms. The SMILES string of the molecule is Cc1cc(C(=O)NC(C)C)nc(N)n1. The predicted molar refractivity (Wildman–Crippen MR) is 53.8 cm³/mol. The molecule has 0 aliphatic carbocycles. The number of nitrogens with zero attached hydrogens (tertiary/aromatic N) is 2. The monoisotopic (exact) mass is 194 g/mol. The van der Waals surface area contributed by atoms with Crippen LogP contribution in [0.1, 0.15) is 30.0 Å². The molecule has 5 nitrogen and oxygen atoms in total. The predicted octanol–water partition coefficient (Wildman–Crippen LogP) is 0.505. The third-order valence-electron chi connectivity index (χ3n) is 1.52. The van der Waals surface area contributed by atoms with Crippen LogP contribution in [0, 0.1) is 6.92 Å². The number of carbonyl (C=O) groups is 1. The van der Waals surface area contributed by atoms with Gasteiger partial charge in [-0.05, 0) is 26.8 Å². The smallest absolute Gasteiger partial charge is 0.270 e. The van der Waals surface area contributed by atoms with Crippen LogP contribution in [0.3, 0.4) is 0 Å². The van der Waals surface area contributed by atoms with Gasteiger partial charge in [0.05, 0.1) is 0 Å². The number of aromatic nitrogens is 2. The first kappa shape index (κ1) is 10.4. The molecule has 0 aromatic carbocycles. The first-order chi connectivity index (χ1) is 6.49. The summed E-state index contributed by atoms with van der Waals surface area (Å²) < 4.78 is 0. The van der Waals surface area contributed by atoms with Crippen LogP contribution in [0.25, 0.3) is 0 Å². The Balaban J connectivity index is 2.90. The van der Waals surface area contributed by atoms with Crippen LogP contribution >= 0.6 is 0 Å². The highest BCUT2D eigenvalue weighted by atomic mass is 16.1. The standard InChI is InChI=1S/C9H14N4O/c1-5(2)11-8(14)7-4-6(3)12-9(10)13-7/h4-5H,1-3H3,(H,11,14)(H2,10,12,13). The average molecular weight is 194 g/mol. The van der Waals surface area contributed by atoms with Gasteiger partial charge in [-0.15, -0.1) is 0 Å². The molecular weight excluding hydrogens is 180 g/mol. The van der Waals surface area contributed by atoms with Gasteiger partial charge in [-0.25, -0.2) is 9.97 Å². The van der Waals surface area contributed by atoms with Gasteiger partial charge in [0, 0.05) is 11.7 Å². The molecule has 0 spiro atoms. The van der Waals surface area contributed by atoms with Crippen molar-refractivity contribution < 1.29 is 4.79 Å². The Kier molecular flexibility index (Phi) is 3.01. The third kappa shape index (κ3) is 2.69. The molecule has 1 heterocycles. The summed E-state index contributed by atoms with van der Waals surface area (Å²) in [6, 6.07) is 1.69. The van der Waals surface area contributed by atoms with E-state index in [0.717, 1.165) is 0 Å². The van der Waals surface area contributed by atoms with E-state index in [0.29, 0.717) is 11.4 Å². The molecule has 76 valence electrons. The molecule has 1 aromatic rings. The topological polar surface area (TPSA) is 80.9 Å². The van der Waals surface area contributed by atoms with Gasteiger partial charge >= 0.3 is 0 Å². The van der Waals surface area contributed by atoms with Crippen LogP contribution in [0.4, 0.5) is 5.95 Å². The Bertz CT molecular complexity index is 328. The molecule has 0 aliphatic heterocycles. The van der Waals surface area contributed by atoms with Gasteiger partial charge in [0.1, 0.15) is 5.69 Å². The van der Waals surface area contributed by atoms with Crippen molar-refractivity contribution in [1.82, 2.24) is 15.3 Å². The largest absolute Gasteiger partial charge is 0.368 e. The summed E-state index contributed by atoms with van der Waals surface area (Å²) in [4.78, 5) is 19.2. The minimum absolute atomic E-state index is 0.0824. The fraction of sp³-hybridized carbons (Fsp3) is 0.444. The molecule has 1 amide bonds. The third-order valence-corrected chi connectivity index (χ3v) is 1.52. The molecule has 0 unspecified atom stereocenters. The number of amides is 1. The van der Waals surface area contributed by atoms with E-state index < -0.39 is 0 Å². The van der Waals surface area contributed by atoms with Gasteiger partial charge in [-0.2, -0.15) is 0 Å². The van der Waals surface area contributed by atoms with Crippen molar-refractivity contribution in [3.8, 4) is 0 Å². The van der Waals surface area contributed by atoms with Gasteiger partial charge in [0.15, 0.2) is 0 Å². The molecule has 0 saturated carbocycles. The summed E-state index contributed by atoms with van der Waals surface area (Å²) in [5, 5.41) is 2.73. The van der Waals surface area contributed by atoms with E-state index in [1.54, 1.807) is 13.0 Å². The molecule has 0 radical (unpaired) electrons. The fourth-order valence-electron chi connectivity index (χ4n) is 1.04. The minimum atomic E-state index is -0.225. The second-order valence-electron chi connectivity index (χ2n) is 3.38. The zero-order valence-electron chi connectivity index (χ0n) is 8.53. The van der Waals surface area contributed by atoms with E-state index in [9.17, 15) is 4.79 Å². The van der Waals surface area contributed by atoms with Crippen LogP contribution in [-0.2, 0) is 0 Å². The summed E-state index contributed by atoms with van der Waals surface area (Å²) in [6.07, 6.45) is 0. The summed E-state index contributed by atoms with van der Waals surface area (Å²) in [5.41, 5.74) is 6.42. The zero-order valence-corrected chi connectivity index (χ0v) is 8.53. The molecule has 0 saturated heterocycles. The molecule has 1 aromatic heterocycles. The Labute approximate surface area is 82.7 Å². The number of hydrogen-bond acceptors (Lipinski definition) is 4. The van der Waals surface area contributed by atoms with E-state index in [1.807, 2.05) is 13.8 Å². The number of nitrogens with two attached hydrogens (primary N) is 1. The highest BCUT2D eigenvalue weighted by molar-refractivity contribution is 5.92. The number of anilines is 1. The van der Waals surface area contributed by atoms with Crippen molar-refractivity contribution in [3.05, 3.63) is 17.5 Å². The Morgan fingerprint density at radius 2 is 2.14 bits per heavy atom. The van der Waals surface area contributed by atoms with Crippen LogP contribution in [0.2, 0.25) is 0 Å². The normalized spacial score (nSPS) is 10.3. The highest BCUT2D eigenvalue weighted by Gasteiger charge is 2.09. The van der Waals surface area contributed by atoms with Crippen LogP contribution in [-0.4, -0.2) is 21.9 Å². The number of nitrogens with one attached hydrogen (secondary N) is 1. The van der Waals surface area contributed by atoms with Gasteiger partial charge in [0.25, 0.3) is 5.91 Å². The minimum Gasteiger partial charge on any atom is -0.368 e. The van der Waals surface area contributed by atoms with Gasteiger partial charge in [-0.3, -0.25) is 4.79 Å². The molecule has 5 heteroatoms. The molecule has 14 heavy (non-hydrogen) atoms. The van der Waals surface area contributed by atoms with E-state index in [4.69, 9.17) is 5.73 Å². The summed E-state index contributed by atoms with van der Waals surface area (Å²) in [5.74, 6) is -0.101. The second-order valence-corrected chi connectivity index (χ2v) is 3.38. The van der Waals surface area contributed by atoms with Crippen LogP contribution in [0.15, 0.2) is 6.07 Å². The second kappa shape index (κ2) is 4.04. The lowest BCUT2D eigenvalue weighted by molar-refractivity contribution is 0.0938. The Hall–Kier alpha value is -1.65. The van der Waals surface area contributed by atoms with Gasteiger partial charge in [0.2, 0.25) is 5.95 Å². The van der Waals surface area contributed by atoms with Gasteiger partial charge in [-0.1, -0.05) is 0 Å². The lowest BCUT2D eigenvalue weighted by atomic mass is 10.3. The van der Waals surface area contributed by atoms with Gasteiger partial charge < -0.3 is 11.1 Å². The number of aryl methyl sites for hydroxylation is 1. The summed E-state index contributed by atoms with van der Waals surface area (Å²) >= 11 is 0. The average Bonchev–Trinajstić information content (AvgIpc) is 2.00. The first-order valence-electron chi connectivity index (χ1n) is 4.41. The van der Waals surface area contributed by atoms with E-state index >= 15 is 0 Å². The number of hydrogen-bond donors (Lipinski definition) is 2. The first-order valence-corrected chi connectivity index (χ1v) is 4.41. The maximum absolute atomic E-state index is 11.5. The molecule has 0 aliphatic rings. The number of nitrogen functional groups attached to an aromatic ring is 1. The van der Waals surface area contributed by atoms with E-state index in [1.165, 1.54) is 0 Å². The van der Waals surface area contributed by atoms with E-state index in [2.05, 4.69) is 15.3 Å². The number of carbonyl (C=O) groups excluding carboxylic acids is 1. The van der Waals surface area contributed by atoms with E-state index in [-0.39, 0.29) is 17.9 Å². The van der Waals surface area contributed by atoms with Crippen LogP contribution in [0.5, 0.6) is 0 Å². The van der Waals surface area contributed by atoms with Crippen LogP contribution < -0.4 is 11.1 Å². The Morgan fingerprint density at radius 1 is 1.50 bits per heavy atom. The lowest BCUT2D eigenvalue weighted by Gasteiger charge is -2.07. The molecular formula is C9H14N4O. The number of rotatable bonds is 2. The van der Waals surface area contributed by atoms with Crippen molar-refractivity contribution in [2.45, 2.75) is 26.8 Å². The van der Waals surface area contributed by atoms with Crippen molar-refractivity contribution >= 4 is 11.9 Å². The molecule has 3 N–H and O–H groups in total. The maximum Gasteiger partial charge on any atom is 0.270 e. The highest BCUT2D eigenvalue weighted by Crippen LogP contribution is 2.01. The Morgan fingerprint density at radius 3 is 2.64 bits per heavy atom. The summed E-state index contributed by atoms with van der Waals surface area (Å²) in [7, 11) is 0. The van der Waals surface area contributed by atoms with Crippen molar-refractivity contribution in [3.63, 3.8) is 0 Å². The molecule has 0 atom stereocenters. The quantitative estimate of drug-likeness (QED) is 0.718. The van der Waals surface area contributed by atoms with Crippen molar-refractivity contribution in [2.75, 3.05) is 5.73 Å². The fourth-order valence-corrected chi connectivity index (χ4v) is 1.04. The zero-order chi connectivity index (χ0) is 10.7.